The average molecular weight is 332 g/mol. The number of hydrogen-bond donors (Lipinski definition) is 2. The number of nitrogens with two attached hydrogens (primary N) is 1. The molecule has 0 radical (unpaired) electrons. The molecule has 1 unspecified atom stereocenters. The summed E-state index contributed by atoms with van der Waals surface area (Å²) in [6.07, 6.45) is 9.46. The van der Waals surface area contributed by atoms with Crippen molar-refractivity contribution >= 4 is 11.5 Å². The maximum Gasteiger partial charge on any atom is 0.145 e. The van der Waals surface area contributed by atoms with Crippen LogP contribution in [-0.2, 0) is 11.8 Å². The second-order valence-electron chi connectivity index (χ2n) is 5.85. The van der Waals surface area contributed by atoms with Crippen LogP contribution in [0.2, 0.25) is 0 Å². The highest BCUT2D eigenvalue weighted by atomic mass is 16.5. The number of hydrogen-bond acceptors (Lipinski definition) is 3. The quantitative estimate of drug-likeness (QED) is 0.392. The predicted octanol–water partition coefficient (Wildman–Crippen LogP) is 3.48. The highest BCUT2D eigenvalue weighted by Gasteiger charge is 2.09. The van der Waals surface area contributed by atoms with Crippen LogP contribution >= 0.6 is 0 Å². The van der Waals surface area contributed by atoms with Crippen molar-refractivity contribution < 1.29 is 4.74 Å². The van der Waals surface area contributed by atoms with Crippen LogP contribution in [0, 0.1) is 0 Å². The first-order valence-electron chi connectivity index (χ1n) is 8.63. The van der Waals surface area contributed by atoms with E-state index in [-0.39, 0.29) is 0 Å². The maximum absolute atomic E-state index is 6.14. The second kappa shape index (κ2) is 10.7. The van der Waals surface area contributed by atoms with E-state index in [0.29, 0.717) is 25.1 Å². The van der Waals surface area contributed by atoms with Crippen LogP contribution in [-0.4, -0.2) is 36.2 Å². The molecule has 1 atom stereocenters. The zero-order chi connectivity index (χ0) is 17.9. The molecule has 0 amide bonds. The first-order valence-corrected chi connectivity index (χ1v) is 8.63. The lowest BCUT2D eigenvalue weighted by molar-refractivity contribution is 0.0854. The summed E-state index contributed by atoms with van der Waals surface area (Å²) in [5, 5.41) is 3.30. The van der Waals surface area contributed by atoms with Gasteiger partial charge in [0.1, 0.15) is 11.5 Å². The largest absolute Gasteiger partial charge is 0.383 e. The number of nitrogens with zero attached hydrogens (tertiary/aromatic N) is 2. The van der Waals surface area contributed by atoms with E-state index in [1.165, 1.54) is 5.57 Å². The van der Waals surface area contributed by atoms with Crippen LogP contribution in [0.1, 0.15) is 39.8 Å². The van der Waals surface area contributed by atoms with Crippen molar-refractivity contribution in [2.45, 2.75) is 40.2 Å². The normalized spacial score (nSPS) is 14.4. The number of aromatic nitrogens is 1. The third kappa shape index (κ3) is 6.62. The standard InChI is InChI=1S/C19H32N4O/c1-6-16(4)24-14-11-15(3)9-8-12-22-19(20)18-17(21-7-2)10-13-23(18)5/h8-11,13,16,21H,6-7,12,14H2,1-5H3,(H2,20,22)/b9-8-,15-11-. The highest BCUT2D eigenvalue weighted by Crippen LogP contribution is 2.15. The van der Waals surface area contributed by atoms with Gasteiger partial charge in [0.05, 0.1) is 24.9 Å². The molecule has 134 valence electrons. The molecule has 0 bridgehead atoms. The molecule has 0 aliphatic heterocycles. The molecule has 24 heavy (non-hydrogen) atoms. The number of aryl methyl sites for hydroxylation is 1. The third-order valence-electron chi connectivity index (χ3n) is 3.79. The molecular weight excluding hydrogens is 300 g/mol. The van der Waals surface area contributed by atoms with Crippen LogP contribution < -0.4 is 11.1 Å². The van der Waals surface area contributed by atoms with Gasteiger partial charge in [-0.2, -0.15) is 0 Å². The van der Waals surface area contributed by atoms with Gasteiger partial charge in [-0.05, 0) is 33.3 Å². The molecule has 1 aromatic heterocycles. The molecule has 0 saturated carbocycles. The van der Waals surface area contributed by atoms with Gasteiger partial charge in [0.25, 0.3) is 0 Å². The first-order chi connectivity index (χ1) is 11.5. The predicted molar refractivity (Wildman–Crippen MR) is 104 cm³/mol. The summed E-state index contributed by atoms with van der Waals surface area (Å²) in [7, 11) is 1.97. The monoisotopic (exact) mass is 332 g/mol. The maximum atomic E-state index is 6.14. The van der Waals surface area contributed by atoms with Gasteiger partial charge in [0, 0.05) is 19.8 Å². The van der Waals surface area contributed by atoms with Crippen molar-refractivity contribution in [3.8, 4) is 0 Å². The van der Waals surface area contributed by atoms with E-state index < -0.39 is 0 Å². The topological polar surface area (TPSA) is 64.6 Å². The van der Waals surface area contributed by atoms with E-state index in [1.54, 1.807) is 0 Å². The van der Waals surface area contributed by atoms with Crippen molar-refractivity contribution in [1.29, 1.82) is 0 Å². The Bertz CT molecular complexity index is 584. The fourth-order valence-electron chi connectivity index (χ4n) is 2.18. The third-order valence-corrected chi connectivity index (χ3v) is 3.79. The van der Waals surface area contributed by atoms with Gasteiger partial charge < -0.3 is 20.4 Å². The van der Waals surface area contributed by atoms with E-state index in [9.17, 15) is 0 Å². The number of ether oxygens (including phenoxy) is 1. The molecule has 1 heterocycles. The Balaban J connectivity index is 2.57. The number of amidine groups is 1. The smallest absolute Gasteiger partial charge is 0.145 e. The lowest BCUT2D eigenvalue weighted by Crippen LogP contribution is -2.19. The molecule has 0 aliphatic carbocycles. The van der Waals surface area contributed by atoms with Crippen molar-refractivity contribution in [1.82, 2.24) is 4.57 Å². The van der Waals surface area contributed by atoms with Crippen molar-refractivity contribution in [2.75, 3.05) is 25.0 Å². The number of aliphatic imine (C=N–C) groups is 1. The first kappa shape index (κ1) is 20.0. The molecule has 0 saturated heterocycles. The molecule has 0 aliphatic rings. The van der Waals surface area contributed by atoms with Gasteiger partial charge in [-0.15, -0.1) is 0 Å². The molecule has 1 aromatic rings. The minimum absolute atomic E-state index is 0.304. The van der Waals surface area contributed by atoms with E-state index in [1.807, 2.05) is 36.0 Å². The van der Waals surface area contributed by atoms with Crippen LogP contribution in [0.3, 0.4) is 0 Å². The number of nitrogens with one attached hydrogen (secondary N) is 1. The molecule has 0 aromatic carbocycles. The van der Waals surface area contributed by atoms with Crippen LogP contribution in [0.25, 0.3) is 0 Å². The summed E-state index contributed by atoms with van der Waals surface area (Å²) < 4.78 is 7.62. The molecule has 5 nitrogen and oxygen atoms in total. The van der Waals surface area contributed by atoms with Crippen molar-refractivity contribution in [3.05, 3.63) is 41.8 Å². The summed E-state index contributed by atoms with van der Waals surface area (Å²) in [5.74, 6) is 0.546. The van der Waals surface area contributed by atoms with Crippen molar-refractivity contribution in [2.24, 2.45) is 17.8 Å². The van der Waals surface area contributed by atoms with Crippen LogP contribution in [0.15, 0.2) is 41.1 Å². The summed E-state index contributed by atoms with van der Waals surface area (Å²) in [4.78, 5) is 4.45. The Morgan fingerprint density at radius 3 is 2.88 bits per heavy atom. The molecule has 3 N–H and O–H groups in total. The Morgan fingerprint density at radius 2 is 2.21 bits per heavy atom. The zero-order valence-corrected chi connectivity index (χ0v) is 15.7. The summed E-state index contributed by atoms with van der Waals surface area (Å²) >= 11 is 0. The summed E-state index contributed by atoms with van der Waals surface area (Å²) in [5.41, 5.74) is 9.25. The summed E-state index contributed by atoms with van der Waals surface area (Å²) in [6, 6.07) is 2.02. The lowest BCUT2D eigenvalue weighted by atomic mass is 10.2. The van der Waals surface area contributed by atoms with Gasteiger partial charge >= 0.3 is 0 Å². The number of allylic oxidation sites excluding steroid dienone is 2. The molecule has 0 fully saturated rings. The van der Waals surface area contributed by atoms with Gasteiger partial charge in [0.15, 0.2) is 0 Å². The molecule has 0 spiro atoms. The van der Waals surface area contributed by atoms with Gasteiger partial charge in [0.2, 0.25) is 0 Å². The minimum atomic E-state index is 0.304. The zero-order valence-electron chi connectivity index (χ0n) is 15.7. The van der Waals surface area contributed by atoms with Gasteiger partial charge in [-0.1, -0.05) is 30.7 Å². The minimum Gasteiger partial charge on any atom is -0.383 e. The SMILES string of the molecule is CCNc1ccn(C)c1C(N)=NC/C=C\C(C)=C/COC(C)CC. The van der Waals surface area contributed by atoms with E-state index in [4.69, 9.17) is 10.5 Å². The van der Waals surface area contributed by atoms with Gasteiger partial charge in [-0.3, -0.25) is 4.99 Å². The molecule has 1 rings (SSSR count). The van der Waals surface area contributed by atoms with Crippen LogP contribution in [0.5, 0.6) is 0 Å². The van der Waals surface area contributed by atoms with E-state index in [0.717, 1.165) is 24.3 Å². The van der Waals surface area contributed by atoms with Gasteiger partial charge in [-0.25, -0.2) is 0 Å². The Morgan fingerprint density at radius 1 is 1.46 bits per heavy atom. The Kier molecular flexibility index (Phi) is 8.94. The fraction of sp³-hybridized carbons (Fsp3) is 0.526. The lowest BCUT2D eigenvalue weighted by Gasteiger charge is -2.08. The summed E-state index contributed by atoms with van der Waals surface area (Å²) in [6.45, 7) is 10.4. The second-order valence-corrected chi connectivity index (χ2v) is 5.85. The highest BCUT2D eigenvalue weighted by molar-refractivity contribution is 6.01. The average Bonchev–Trinajstić information content (AvgIpc) is 2.92. The number of anilines is 1. The van der Waals surface area contributed by atoms with Crippen molar-refractivity contribution in [3.63, 3.8) is 0 Å². The molecule has 5 heteroatoms. The van der Waals surface area contributed by atoms with E-state index in [2.05, 4.69) is 44.1 Å². The number of rotatable bonds is 10. The van der Waals surface area contributed by atoms with Crippen LogP contribution in [0.4, 0.5) is 5.69 Å². The Hall–Kier alpha value is -2.01. The van der Waals surface area contributed by atoms with E-state index >= 15 is 0 Å². The Labute approximate surface area is 146 Å². The fourth-order valence-corrected chi connectivity index (χ4v) is 2.18. The molecular formula is C19H32N4O.